The highest BCUT2D eigenvalue weighted by Crippen LogP contribution is 2.42. The Morgan fingerprint density at radius 2 is 1.86 bits per heavy atom. The number of anilines is 1. The van der Waals surface area contributed by atoms with Crippen LogP contribution >= 0.6 is 0 Å². The van der Waals surface area contributed by atoms with E-state index in [1.807, 2.05) is 4.90 Å². The lowest BCUT2D eigenvalue weighted by Crippen LogP contribution is -2.32. The standard InChI is InChI=1S/C26H33F3N4O2/c1-16-8-18(15-34)2-3-22(16)24-11-23(26(27,28)29)25(32-31-24)30-21-9-19-13-33(14-20(19)10-21)12-17-4-6-35-7-5-17/h2-3,8,11,17,19-21,34H,4-7,9-10,12-15H2,1H3,(H,30,32)/t19-,20+,21?/i12D2. The van der Waals surface area contributed by atoms with Gasteiger partial charge in [0.25, 0.3) is 0 Å². The first kappa shape index (κ1) is 22.0. The molecule has 5 rings (SSSR count). The predicted molar refractivity (Wildman–Crippen MR) is 127 cm³/mol. The quantitative estimate of drug-likeness (QED) is 0.618. The van der Waals surface area contributed by atoms with Gasteiger partial charge in [0, 0.05) is 47.1 Å². The average Bonchev–Trinajstić information content (AvgIpc) is 3.43. The number of rotatable bonds is 6. The van der Waals surface area contributed by atoms with Crippen molar-refractivity contribution in [3.8, 4) is 11.3 Å². The van der Waals surface area contributed by atoms with E-state index in [9.17, 15) is 18.3 Å². The zero-order valence-corrected chi connectivity index (χ0v) is 19.8. The van der Waals surface area contributed by atoms with Gasteiger partial charge in [0.15, 0.2) is 5.82 Å². The summed E-state index contributed by atoms with van der Waals surface area (Å²) in [4.78, 5) is 1.94. The molecule has 3 fully saturated rings. The van der Waals surface area contributed by atoms with Crippen molar-refractivity contribution in [2.45, 2.75) is 51.4 Å². The number of hydrogen-bond donors (Lipinski definition) is 2. The Kier molecular flexibility index (Phi) is 6.30. The summed E-state index contributed by atoms with van der Waals surface area (Å²) in [6, 6.07) is 5.91. The molecule has 3 heterocycles. The number of alkyl halides is 3. The van der Waals surface area contributed by atoms with Crippen molar-refractivity contribution in [1.82, 2.24) is 15.1 Å². The fourth-order valence-corrected chi connectivity index (χ4v) is 5.76. The van der Waals surface area contributed by atoms with Crippen LogP contribution in [0.5, 0.6) is 0 Å². The number of aromatic nitrogens is 2. The lowest BCUT2D eigenvalue weighted by Gasteiger charge is -2.28. The summed E-state index contributed by atoms with van der Waals surface area (Å²) in [5.74, 6) is 0.157. The number of aryl methyl sites for hydroxylation is 1. The van der Waals surface area contributed by atoms with Crippen LogP contribution in [0.25, 0.3) is 11.3 Å². The van der Waals surface area contributed by atoms with E-state index in [-0.39, 0.29) is 41.9 Å². The van der Waals surface area contributed by atoms with Gasteiger partial charge in [-0.25, -0.2) is 0 Å². The van der Waals surface area contributed by atoms with Gasteiger partial charge in [0.2, 0.25) is 0 Å². The van der Waals surface area contributed by atoms with Crippen LogP contribution in [0, 0.1) is 24.7 Å². The molecule has 0 amide bonds. The first-order valence-electron chi connectivity index (χ1n) is 13.3. The highest BCUT2D eigenvalue weighted by Gasteiger charge is 2.43. The minimum atomic E-state index is -4.60. The summed E-state index contributed by atoms with van der Waals surface area (Å²) in [5.41, 5.74) is 1.21. The first-order valence-corrected chi connectivity index (χ1v) is 12.3. The number of hydrogen-bond acceptors (Lipinski definition) is 6. The van der Waals surface area contributed by atoms with E-state index in [2.05, 4.69) is 15.5 Å². The summed E-state index contributed by atoms with van der Waals surface area (Å²) < 4.78 is 64.9. The van der Waals surface area contributed by atoms with E-state index < -0.39 is 18.2 Å². The minimum absolute atomic E-state index is 0.0550. The molecule has 190 valence electrons. The predicted octanol–water partition coefficient (Wildman–Crippen LogP) is 4.51. The molecule has 1 unspecified atom stereocenters. The van der Waals surface area contributed by atoms with Gasteiger partial charge in [0.05, 0.1) is 12.3 Å². The van der Waals surface area contributed by atoms with Crippen molar-refractivity contribution in [1.29, 1.82) is 0 Å². The number of nitrogens with zero attached hydrogens (tertiary/aromatic N) is 3. The van der Waals surface area contributed by atoms with Gasteiger partial charge < -0.3 is 20.1 Å². The molecule has 2 aromatic rings. The summed E-state index contributed by atoms with van der Waals surface area (Å²) in [7, 11) is 0. The Hall–Kier alpha value is -2.23. The van der Waals surface area contributed by atoms with Crippen LogP contribution in [0.1, 0.15) is 45.1 Å². The van der Waals surface area contributed by atoms with E-state index >= 15 is 0 Å². The third-order valence-electron chi connectivity index (χ3n) is 7.53. The number of fused-ring (bicyclic) bond motifs is 1. The van der Waals surface area contributed by atoms with E-state index in [0.29, 0.717) is 68.7 Å². The van der Waals surface area contributed by atoms with Crippen LogP contribution in [0.4, 0.5) is 19.0 Å². The number of benzene rings is 1. The van der Waals surface area contributed by atoms with Crippen LogP contribution in [-0.2, 0) is 17.5 Å². The van der Waals surface area contributed by atoms with Gasteiger partial charge >= 0.3 is 6.18 Å². The molecule has 0 radical (unpaired) electrons. The molecule has 1 aliphatic carbocycles. The van der Waals surface area contributed by atoms with Gasteiger partial charge in [-0.3, -0.25) is 0 Å². The maximum Gasteiger partial charge on any atom is 0.420 e. The van der Waals surface area contributed by atoms with Gasteiger partial charge in [0.1, 0.15) is 5.56 Å². The number of nitrogens with one attached hydrogen (secondary N) is 1. The first-order chi connectivity index (χ1) is 17.6. The van der Waals surface area contributed by atoms with Gasteiger partial charge in [-0.15, -0.1) is 10.2 Å². The molecule has 1 aromatic heterocycles. The SMILES string of the molecule is [2H]C([2H])(C1CCOCC1)N1C[C@H]2CC(Nc3nnc(-c4ccc(CO)cc4C)cc3C(F)(F)F)C[C@H]2C1. The highest BCUT2D eigenvalue weighted by molar-refractivity contribution is 5.66. The molecule has 1 saturated carbocycles. The fraction of sp³-hybridized carbons (Fsp3) is 0.615. The number of ether oxygens (including phenoxy) is 1. The van der Waals surface area contributed by atoms with E-state index in [0.717, 1.165) is 6.07 Å². The van der Waals surface area contributed by atoms with E-state index in [1.54, 1.807) is 25.1 Å². The second-order valence-electron chi connectivity index (χ2n) is 10.1. The second-order valence-corrected chi connectivity index (χ2v) is 10.1. The maximum atomic E-state index is 14.0. The summed E-state index contributed by atoms with van der Waals surface area (Å²) in [6.45, 7) is 2.64. The molecule has 35 heavy (non-hydrogen) atoms. The third kappa shape index (κ3) is 5.47. The molecule has 0 bridgehead atoms. The highest BCUT2D eigenvalue weighted by atomic mass is 19.4. The molecule has 3 atom stereocenters. The zero-order valence-electron chi connectivity index (χ0n) is 21.8. The molecule has 2 N–H and O–H groups in total. The Balaban J connectivity index is 1.28. The number of halogens is 3. The summed E-state index contributed by atoms with van der Waals surface area (Å²) >= 11 is 0. The normalized spacial score (nSPS) is 26.9. The molecule has 3 aliphatic rings. The Labute approximate surface area is 206 Å². The largest absolute Gasteiger partial charge is 0.420 e. The zero-order chi connectivity index (χ0) is 26.4. The van der Waals surface area contributed by atoms with Crippen LogP contribution in [0.2, 0.25) is 0 Å². The van der Waals surface area contributed by atoms with Crippen LogP contribution < -0.4 is 5.32 Å². The van der Waals surface area contributed by atoms with Gasteiger partial charge in [-0.05, 0) is 67.6 Å². The van der Waals surface area contributed by atoms with Crippen molar-refractivity contribution in [2.24, 2.45) is 17.8 Å². The fourth-order valence-electron chi connectivity index (χ4n) is 5.76. The Bertz CT molecular complexity index is 1110. The lowest BCUT2D eigenvalue weighted by molar-refractivity contribution is -0.137. The smallest absolute Gasteiger partial charge is 0.392 e. The minimum Gasteiger partial charge on any atom is -0.392 e. The summed E-state index contributed by atoms with van der Waals surface area (Å²) in [6.07, 6.45) is -1.83. The molecular formula is C26H33F3N4O2. The molecule has 2 saturated heterocycles. The molecular weight excluding hydrogens is 457 g/mol. The van der Waals surface area contributed by atoms with Crippen LogP contribution in [0.15, 0.2) is 24.3 Å². The maximum absolute atomic E-state index is 14.0. The lowest BCUT2D eigenvalue weighted by atomic mass is 10.00. The van der Waals surface area contributed by atoms with Crippen molar-refractivity contribution >= 4 is 5.82 Å². The molecule has 0 spiro atoms. The molecule has 9 heteroatoms. The van der Waals surface area contributed by atoms with Crippen LogP contribution in [0.3, 0.4) is 0 Å². The molecule has 1 aromatic carbocycles. The summed E-state index contributed by atoms with van der Waals surface area (Å²) in [5, 5.41) is 20.4. The third-order valence-corrected chi connectivity index (χ3v) is 7.53. The topological polar surface area (TPSA) is 70.5 Å². The Morgan fingerprint density at radius 1 is 1.14 bits per heavy atom. The van der Waals surface area contributed by atoms with Crippen molar-refractivity contribution in [2.75, 3.05) is 38.1 Å². The second kappa shape index (κ2) is 10.0. The van der Waals surface area contributed by atoms with Crippen molar-refractivity contribution in [3.05, 3.63) is 41.0 Å². The van der Waals surface area contributed by atoms with E-state index in [1.165, 1.54) is 0 Å². The number of likely N-dealkylation sites (tertiary alicyclic amines) is 1. The molecule has 6 nitrogen and oxygen atoms in total. The monoisotopic (exact) mass is 492 g/mol. The Morgan fingerprint density at radius 3 is 2.49 bits per heavy atom. The van der Waals surface area contributed by atoms with E-state index in [4.69, 9.17) is 7.48 Å². The number of aliphatic hydroxyl groups is 1. The van der Waals surface area contributed by atoms with Crippen molar-refractivity contribution in [3.63, 3.8) is 0 Å². The average molecular weight is 493 g/mol. The van der Waals surface area contributed by atoms with Crippen molar-refractivity contribution < 1.29 is 25.8 Å². The van der Waals surface area contributed by atoms with Gasteiger partial charge in [-0.2, -0.15) is 13.2 Å². The number of aliphatic hydroxyl groups excluding tert-OH is 1. The molecule has 2 aliphatic heterocycles. The van der Waals surface area contributed by atoms with Gasteiger partial charge in [-0.1, -0.05) is 18.2 Å². The van der Waals surface area contributed by atoms with Crippen LogP contribution in [-0.4, -0.2) is 59.0 Å².